The molecular weight excluding hydrogens is 584 g/mol. The van der Waals surface area contributed by atoms with Gasteiger partial charge in [-0.2, -0.15) is 19.9 Å². The van der Waals surface area contributed by atoms with Gasteiger partial charge in [-0.15, -0.1) is 0 Å². The zero-order valence-electron chi connectivity index (χ0n) is 23.2. The fraction of sp³-hybridized carbons (Fsp3) is 0.583. The Bertz CT molecular complexity index is 1500. The summed E-state index contributed by atoms with van der Waals surface area (Å²) in [6.07, 6.45) is -4.93. The number of hydrogen-bond acceptors (Lipinski definition) is 18. The van der Waals surface area contributed by atoms with Gasteiger partial charge in [0.1, 0.15) is 36.6 Å². The Morgan fingerprint density at radius 2 is 1.07 bits per heavy atom. The number of hydrogen-bond donors (Lipinski definition) is 10. The zero-order chi connectivity index (χ0) is 31.1. The second kappa shape index (κ2) is 12.2. The van der Waals surface area contributed by atoms with Crippen molar-refractivity contribution in [1.82, 2.24) is 39.0 Å². The fourth-order valence-electron chi connectivity index (χ4n) is 5.37. The summed E-state index contributed by atoms with van der Waals surface area (Å²) in [5.74, 6) is 0.701. The molecule has 238 valence electrons. The number of anilines is 4. The van der Waals surface area contributed by atoms with Gasteiger partial charge in [0.25, 0.3) is 0 Å². The van der Waals surface area contributed by atoms with E-state index in [-0.39, 0.29) is 11.9 Å². The number of nitrogens with one attached hydrogen (secondary N) is 2. The third-order valence-corrected chi connectivity index (χ3v) is 7.65. The van der Waals surface area contributed by atoms with E-state index in [2.05, 4.69) is 40.5 Å². The van der Waals surface area contributed by atoms with E-state index in [4.69, 9.17) is 20.9 Å². The van der Waals surface area contributed by atoms with Gasteiger partial charge < -0.3 is 62.2 Å². The van der Waals surface area contributed by atoms with Crippen molar-refractivity contribution in [1.29, 1.82) is 0 Å². The fourth-order valence-corrected chi connectivity index (χ4v) is 5.37. The molecule has 20 heteroatoms. The Morgan fingerprint density at radius 1 is 0.659 bits per heavy atom. The van der Waals surface area contributed by atoms with Crippen molar-refractivity contribution in [3.63, 3.8) is 0 Å². The zero-order valence-corrected chi connectivity index (χ0v) is 23.2. The van der Waals surface area contributed by atoms with Gasteiger partial charge >= 0.3 is 0 Å². The molecule has 4 aromatic rings. The summed E-state index contributed by atoms with van der Waals surface area (Å²) < 4.78 is 14.1. The van der Waals surface area contributed by atoms with Crippen LogP contribution < -0.4 is 22.1 Å². The number of fused-ring (bicyclic) bond motifs is 2. The minimum Gasteiger partial charge on any atom is -0.394 e. The Morgan fingerprint density at radius 3 is 1.43 bits per heavy atom. The Hall–Kier alpha value is -4.02. The van der Waals surface area contributed by atoms with E-state index in [1.165, 1.54) is 21.8 Å². The van der Waals surface area contributed by atoms with Gasteiger partial charge in [-0.3, -0.25) is 9.13 Å². The summed E-state index contributed by atoms with van der Waals surface area (Å²) in [5, 5.41) is 66.3. The van der Waals surface area contributed by atoms with Crippen LogP contribution >= 0.6 is 0 Å². The van der Waals surface area contributed by atoms with E-state index >= 15 is 0 Å². The molecule has 2 aliphatic heterocycles. The van der Waals surface area contributed by atoms with Crippen LogP contribution in [0.1, 0.15) is 25.3 Å². The smallest absolute Gasteiger partial charge is 0.224 e. The minimum absolute atomic E-state index is 0.0307. The molecule has 0 radical (unpaired) electrons. The van der Waals surface area contributed by atoms with Gasteiger partial charge in [0.2, 0.25) is 11.9 Å². The monoisotopic (exact) mass is 618 g/mol. The SMILES string of the molecule is Nc1nc(NCCCCNc2nc(N)nc3c2ncn3[C@H]2O[C@@H](CO)[C@@H](O)C2O)c2ncn([C@@H]3O[C@H](CO)[C@H](O)C3O)c2n1. The largest absolute Gasteiger partial charge is 0.394 e. The first-order chi connectivity index (χ1) is 21.2. The summed E-state index contributed by atoms with van der Waals surface area (Å²) in [5.41, 5.74) is 13.2. The molecule has 0 saturated carbocycles. The molecule has 0 amide bonds. The summed E-state index contributed by atoms with van der Waals surface area (Å²) >= 11 is 0. The lowest BCUT2D eigenvalue weighted by atomic mass is 10.1. The van der Waals surface area contributed by atoms with E-state index in [1.807, 2.05) is 0 Å². The maximum Gasteiger partial charge on any atom is 0.224 e. The molecule has 0 bridgehead atoms. The molecule has 6 heterocycles. The van der Waals surface area contributed by atoms with E-state index in [0.29, 0.717) is 59.9 Å². The lowest BCUT2D eigenvalue weighted by Crippen LogP contribution is -2.33. The third-order valence-electron chi connectivity index (χ3n) is 7.65. The molecule has 44 heavy (non-hydrogen) atoms. The van der Waals surface area contributed by atoms with E-state index in [9.17, 15) is 30.6 Å². The number of nitrogen functional groups attached to an aromatic ring is 2. The van der Waals surface area contributed by atoms with Crippen LogP contribution in [0.25, 0.3) is 22.3 Å². The second-order valence-corrected chi connectivity index (χ2v) is 10.5. The van der Waals surface area contributed by atoms with Crippen LogP contribution in [-0.4, -0.2) is 133 Å². The maximum absolute atomic E-state index is 10.4. The van der Waals surface area contributed by atoms with E-state index in [0.717, 1.165) is 0 Å². The van der Waals surface area contributed by atoms with Crippen LogP contribution in [0.4, 0.5) is 23.5 Å². The molecule has 2 aliphatic rings. The molecule has 12 N–H and O–H groups in total. The van der Waals surface area contributed by atoms with Crippen LogP contribution in [0.3, 0.4) is 0 Å². The summed E-state index contributed by atoms with van der Waals surface area (Å²) in [4.78, 5) is 25.6. The molecule has 2 fully saturated rings. The first-order valence-corrected chi connectivity index (χ1v) is 13.9. The summed E-state index contributed by atoms with van der Waals surface area (Å²) in [6, 6.07) is 0. The highest BCUT2D eigenvalue weighted by Crippen LogP contribution is 2.34. The van der Waals surface area contributed by atoms with Crippen molar-refractivity contribution in [3.8, 4) is 0 Å². The van der Waals surface area contributed by atoms with E-state index in [1.54, 1.807) is 0 Å². The lowest BCUT2D eigenvalue weighted by Gasteiger charge is -2.17. The Labute approximate surface area is 248 Å². The highest BCUT2D eigenvalue weighted by Gasteiger charge is 2.45. The number of aromatic nitrogens is 8. The highest BCUT2D eigenvalue weighted by molar-refractivity contribution is 5.85. The van der Waals surface area contributed by atoms with Crippen molar-refractivity contribution >= 4 is 45.9 Å². The predicted molar refractivity (Wildman–Crippen MR) is 152 cm³/mol. The van der Waals surface area contributed by atoms with Gasteiger partial charge in [0.05, 0.1) is 25.9 Å². The molecule has 0 aliphatic carbocycles. The molecule has 0 aromatic carbocycles. The number of aliphatic hydroxyl groups excluding tert-OH is 6. The molecule has 6 rings (SSSR count). The van der Waals surface area contributed by atoms with Crippen LogP contribution in [-0.2, 0) is 9.47 Å². The van der Waals surface area contributed by atoms with Gasteiger partial charge in [0.15, 0.2) is 46.4 Å². The van der Waals surface area contributed by atoms with Gasteiger partial charge in [-0.05, 0) is 12.8 Å². The Balaban J connectivity index is 1.07. The Kier molecular flexibility index (Phi) is 8.30. The number of imidazole rings is 2. The second-order valence-electron chi connectivity index (χ2n) is 10.5. The summed E-state index contributed by atoms with van der Waals surface area (Å²) in [6.45, 7) is 0.0643. The van der Waals surface area contributed by atoms with Crippen LogP contribution in [0, 0.1) is 0 Å². The molecule has 2 saturated heterocycles. The first-order valence-electron chi connectivity index (χ1n) is 13.9. The van der Waals surface area contributed by atoms with E-state index < -0.39 is 62.3 Å². The minimum atomic E-state index is -1.31. The topological polar surface area (TPSA) is 303 Å². The average molecular weight is 619 g/mol. The number of ether oxygens (including phenoxy) is 2. The first kappa shape index (κ1) is 30.0. The van der Waals surface area contributed by atoms with Gasteiger partial charge in [-0.1, -0.05) is 0 Å². The van der Waals surface area contributed by atoms with Crippen molar-refractivity contribution in [2.75, 3.05) is 48.4 Å². The predicted octanol–water partition coefficient (Wildman–Crippen LogP) is -3.34. The average Bonchev–Trinajstić information content (AvgIpc) is 3.75. The number of rotatable bonds is 11. The number of nitrogens with zero attached hydrogens (tertiary/aromatic N) is 8. The van der Waals surface area contributed by atoms with Crippen molar-refractivity contribution < 1.29 is 40.1 Å². The molecule has 4 aromatic heterocycles. The highest BCUT2D eigenvalue weighted by atomic mass is 16.6. The third kappa shape index (κ3) is 5.30. The molecule has 0 spiro atoms. The normalized spacial score (nSPS) is 28.8. The molecule has 2 unspecified atom stereocenters. The quantitative estimate of drug-likeness (QED) is 0.0734. The van der Waals surface area contributed by atoms with Crippen LogP contribution in [0.5, 0.6) is 0 Å². The van der Waals surface area contributed by atoms with Crippen LogP contribution in [0.15, 0.2) is 12.7 Å². The van der Waals surface area contributed by atoms with Gasteiger partial charge in [0, 0.05) is 13.1 Å². The van der Waals surface area contributed by atoms with Crippen molar-refractivity contribution in [2.45, 2.75) is 61.9 Å². The van der Waals surface area contributed by atoms with Gasteiger partial charge in [-0.25, -0.2) is 9.97 Å². The maximum atomic E-state index is 10.4. The lowest BCUT2D eigenvalue weighted by molar-refractivity contribution is -0.0511. The molecule has 8 atom stereocenters. The number of unbranched alkanes of at least 4 members (excludes halogenated alkanes) is 1. The van der Waals surface area contributed by atoms with Crippen molar-refractivity contribution in [2.24, 2.45) is 0 Å². The van der Waals surface area contributed by atoms with Crippen LogP contribution in [0.2, 0.25) is 0 Å². The standard InChI is InChI=1S/C24H34N12O8/c25-23-31-17(11-19(33-23)35(7-29-11)21-15(41)13(39)9(5-37)43-21)27-3-1-2-4-28-18-12-20(34-24(26)32-18)36(8-30-12)22-16(42)14(40)10(6-38)44-22/h7-10,13-16,21-22,37-42H,1-6H2,(H3,25,27,31,33)(H3,26,28,32,34)/t9-,10+,13+,14-,15?,16?,21-,22+. The summed E-state index contributed by atoms with van der Waals surface area (Å²) in [7, 11) is 0. The number of aliphatic hydroxyl groups is 6. The number of nitrogens with two attached hydrogens (primary N) is 2. The van der Waals surface area contributed by atoms with Crippen molar-refractivity contribution in [3.05, 3.63) is 12.7 Å². The molecular formula is C24H34N12O8. The molecule has 20 nitrogen and oxygen atoms in total.